The summed E-state index contributed by atoms with van der Waals surface area (Å²) in [6.07, 6.45) is 2.18. The lowest BCUT2D eigenvalue weighted by molar-refractivity contribution is -0.137. The summed E-state index contributed by atoms with van der Waals surface area (Å²) in [5, 5.41) is 17.9. The van der Waals surface area contributed by atoms with E-state index in [2.05, 4.69) is 15.5 Å². The van der Waals surface area contributed by atoms with Gasteiger partial charge in [-0.3, -0.25) is 9.89 Å². The lowest BCUT2D eigenvalue weighted by Crippen LogP contribution is -2.37. The van der Waals surface area contributed by atoms with E-state index in [1.165, 1.54) is 4.90 Å². The highest BCUT2D eigenvalue weighted by Gasteiger charge is 2.09. The van der Waals surface area contributed by atoms with Crippen LogP contribution in [0.1, 0.15) is 24.1 Å². The van der Waals surface area contributed by atoms with Gasteiger partial charge in [-0.25, -0.2) is 4.79 Å². The Morgan fingerprint density at radius 1 is 1.56 bits per heavy atom. The number of rotatable bonds is 6. The van der Waals surface area contributed by atoms with E-state index in [1.807, 2.05) is 6.92 Å². The molecule has 1 heterocycles. The third-order valence-electron chi connectivity index (χ3n) is 2.60. The predicted octanol–water partition coefficient (Wildman–Crippen LogP) is 0.724. The Balaban J connectivity index is 2.27. The van der Waals surface area contributed by atoms with Crippen LogP contribution in [0.15, 0.2) is 6.20 Å². The molecular weight excluding hydrogens is 236 g/mol. The number of nitrogens with one attached hydrogen (secondary N) is 2. The molecule has 0 aliphatic carbocycles. The van der Waals surface area contributed by atoms with Crippen molar-refractivity contribution in [3.8, 4) is 0 Å². The number of aliphatic carboxylic acids is 1. The molecule has 0 atom stereocenters. The smallest absolute Gasteiger partial charge is 0.317 e. The molecule has 0 radical (unpaired) electrons. The summed E-state index contributed by atoms with van der Waals surface area (Å²) in [4.78, 5) is 23.5. The zero-order valence-electron chi connectivity index (χ0n) is 10.6. The third-order valence-corrected chi connectivity index (χ3v) is 2.60. The number of carboxylic acid groups (broad SMARTS) is 1. The number of aryl methyl sites for hydroxylation is 1. The molecule has 100 valence electrons. The minimum absolute atomic E-state index is 0.0679. The first-order chi connectivity index (χ1) is 8.50. The molecule has 0 aliphatic heterocycles. The van der Waals surface area contributed by atoms with Crippen LogP contribution >= 0.6 is 0 Å². The topological polar surface area (TPSA) is 98.3 Å². The van der Waals surface area contributed by atoms with E-state index in [1.54, 1.807) is 13.2 Å². The molecule has 3 N–H and O–H groups in total. The second-order valence-corrected chi connectivity index (χ2v) is 4.10. The molecule has 7 nitrogen and oxygen atoms in total. The van der Waals surface area contributed by atoms with Gasteiger partial charge in [-0.15, -0.1) is 0 Å². The minimum atomic E-state index is -0.849. The third kappa shape index (κ3) is 4.44. The van der Waals surface area contributed by atoms with Crippen LogP contribution in [0.4, 0.5) is 4.79 Å². The maximum absolute atomic E-state index is 11.7. The molecule has 18 heavy (non-hydrogen) atoms. The van der Waals surface area contributed by atoms with Crippen LogP contribution in [0.2, 0.25) is 0 Å². The summed E-state index contributed by atoms with van der Waals surface area (Å²) in [5.41, 5.74) is 1.85. The molecule has 0 bridgehead atoms. The Morgan fingerprint density at radius 2 is 2.28 bits per heavy atom. The van der Waals surface area contributed by atoms with Gasteiger partial charge in [0.2, 0.25) is 0 Å². The Morgan fingerprint density at radius 3 is 2.83 bits per heavy atom. The van der Waals surface area contributed by atoms with Crippen LogP contribution in [0, 0.1) is 6.92 Å². The average Bonchev–Trinajstić information content (AvgIpc) is 2.71. The van der Waals surface area contributed by atoms with Crippen molar-refractivity contribution < 1.29 is 14.7 Å². The van der Waals surface area contributed by atoms with Crippen molar-refractivity contribution >= 4 is 12.0 Å². The van der Waals surface area contributed by atoms with Gasteiger partial charge >= 0.3 is 12.0 Å². The van der Waals surface area contributed by atoms with Crippen molar-refractivity contribution in [1.29, 1.82) is 0 Å². The molecule has 0 saturated carbocycles. The van der Waals surface area contributed by atoms with Crippen LogP contribution in [0.3, 0.4) is 0 Å². The molecule has 0 fully saturated rings. The predicted molar refractivity (Wildman–Crippen MR) is 65.1 cm³/mol. The summed E-state index contributed by atoms with van der Waals surface area (Å²) in [7, 11) is 1.64. The van der Waals surface area contributed by atoms with Crippen LogP contribution in [0.5, 0.6) is 0 Å². The van der Waals surface area contributed by atoms with Gasteiger partial charge in [0.15, 0.2) is 0 Å². The maximum atomic E-state index is 11.7. The van der Waals surface area contributed by atoms with E-state index in [0.29, 0.717) is 19.5 Å². The zero-order chi connectivity index (χ0) is 13.5. The highest BCUT2D eigenvalue weighted by molar-refractivity contribution is 5.74. The number of hydrogen-bond acceptors (Lipinski definition) is 3. The van der Waals surface area contributed by atoms with E-state index < -0.39 is 5.97 Å². The Labute approximate surface area is 105 Å². The number of hydrogen-bond donors (Lipinski definition) is 3. The number of H-pyrrole nitrogens is 1. The quantitative estimate of drug-likeness (QED) is 0.696. The molecule has 0 saturated heterocycles. The van der Waals surface area contributed by atoms with Crippen LogP contribution in [-0.4, -0.2) is 45.8 Å². The number of carboxylic acids is 1. The number of carbonyl (C=O) groups excluding carboxylic acids is 1. The molecule has 1 aromatic heterocycles. The molecule has 1 aromatic rings. The van der Waals surface area contributed by atoms with Crippen LogP contribution in [-0.2, 0) is 11.3 Å². The number of carbonyl (C=O) groups is 2. The monoisotopic (exact) mass is 254 g/mol. The average molecular weight is 254 g/mol. The molecule has 0 aromatic carbocycles. The number of urea groups is 1. The molecular formula is C11H18N4O3. The summed E-state index contributed by atoms with van der Waals surface area (Å²) in [6.45, 7) is 2.71. The maximum Gasteiger partial charge on any atom is 0.317 e. The van der Waals surface area contributed by atoms with Gasteiger partial charge in [0.05, 0.1) is 6.20 Å². The first-order valence-corrected chi connectivity index (χ1v) is 5.70. The lowest BCUT2D eigenvalue weighted by Gasteiger charge is -2.17. The number of aromatic amines is 1. The second-order valence-electron chi connectivity index (χ2n) is 4.10. The second kappa shape index (κ2) is 6.63. The minimum Gasteiger partial charge on any atom is -0.481 e. The van der Waals surface area contributed by atoms with Crippen molar-refractivity contribution in [2.24, 2.45) is 0 Å². The Hall–Kier alpha value is -2.05. The first-order valence-electron chi connectivity index (χ1n) is 5.70. The molecule has 0 spiro atoms. The summed E-state index contributed by atoms with van der Waals surface area (Å²) >= 11 is 0. The number of amides is 2. The van der Waals surface area contributed by atoms with E-state index in [9.17, 15) is 9.59 Å². The van der Waals surface area contributed by atoms with Gasteiger partial charge < -0.3 is 15.3 Å². The molecule has 7 heteroatoms. The van der Waals surface area contributed by atoms with Crippen molar-refractivity contribution in [3.05, 3.63) is 17.5 Å². The fraction of sp³-hybridized carbons (Fsp3) is 0.545. The standard InChI is InChI=1S/C11H18N4O3/c1-8-9(7-13-14-8)6-12-11(18)15(2)5-3-4-10(16)17/h7H,3-6H2,1-2H3,(H,12,18)(H,13,14)(H,16,17). The fourth-order valence-corrected chi connectivity index (χ4v) is 1.43. The van der Waals surface area contributed by atoms with Gasteiger partial charge in [0.1, 0.15) is 0 Å². The summed E-state index contributed by atoms with van der Waals surface area (Å²) in [6, 6.07) is -0.221. The largest absolute Gasteiger partial charge is 0.481 e. The zero-order valence-corrected chi connectivity index (χ0v) is 10.6. The van der Waals surface area contributed by atoms with E-state index in [-0.39, 0.29) is 12.5 Å². The highest BCUT2D eigenvalue weighted by Crippen LogP contribution is 2.02. The molecule has 2 amide bonds. The molecule has 0 aliphatic rings. The normalized spacial score (nSPS) is 10.1. The van der Waals surface area contributed by atoms with Crippen LogP contribution < -0.4 is 5.32 Å². The van der Waals surface area contributed by atoms with Crippen molar-refractivity contribution in [1.82, 2.24) is 20.4 Å². The van der Waals surface area contributed by atoms with E-state index in [0.717, 1.165) is 11.3 Å². The highest BCUT2D eigenvalue weighted by atomic mass is 16.4. The van der Waals surface area contributed by atoms with Gasteiger partial charge in [-0.2, -0.15) is 5.10 Å². The van der Waals surface area contributed by atoms with E-state index in [4.69, 9.17) is 5.11 Å². The number of nitrogens with zero attached hydrogens (tertiary/aromatic N) is 2. The fourth-order valence-electron chi connectivity index (χ4n) is 1.43. The molecule has 1 rings (SSSR count). The van der Waals surface area contributed by atoms with Crippen molar-refractivity contribution in [2.75, 3.05) is 13.6 Å². The van der Waals surface area contributed by atoms with Gasteiger partial charge in [0.25, 0.3) is 0 Å². The van der Waals surface area contributed by atoms with Gasteiger partial charge in [-0.1, -0.05) is 0 Å². The SMILES string of the molecule is Cc1[nH]ncc1CNC(=O)N(C)CCCC(=O)O. The molecule has 0 unspecified atom stereocenters. The summed E-state index contributed by atoms with van der Waals surface area (Å²) in [5.74, 6) is -0.849. The van der Waals surface area contributed by atoms with Crippen molar-refractivity contribution in [3.63, 3.8) is 0 Å². The Kier molecular flexibility index (Phi) is 5.16. The number of aromatic nitrogens is 2. The van der Waals surface area contributed by atoms with E-state index >= 15 is 0 Å². The van der Waals surface area contributed by atoms with Crippen molar-refractivity contribution in [2.45, 2.75) is 26.3 Å². The van der Waals surface area contributed by atoms with Gasteiger partial charge in [0, 0.05) is 37.8 Å². The Bertz CT molecular complexity index is 416. The van der Waals surface area contributed by atoms with Gasteiger partial charge in [-0.05, 0) is 13.3 Å². The summed E-state index contributed by atoms with van der Waals surface area (Å²) < 4.78 is 0. The lowest BCUT2D eigenvalue weighted by atomic mass is 10.2. The first kappa shape index (κ1) is 14.0. The van der Waals surface area contributed by atoms with Crippen LogP contribution in [0.25, 0.3) is 0 Å².